The van der Waals surface area contributed by atoms with Gasteiger partial charge in [-0.05, 0) is 80.8 Å². The van der Waals surface area contributed by atoms with Gasteiger partial charge in [-0.1, -0.05) is 60.1 Å². The third kappa shape index (κ3) is 5.35. The van der Waals surface area contributed by atoms with E-state index >= 15 is 0 Å². The van der Waals surface area contributed by atoms with Crippen LogP contribution in [0.2, 0.25) is 0 Å². The van der Waals surface area contributed by atoms with E-state index in [9.17, 15) is 0 Å². The summed E-state index contributed by atoms with van der Waals surface area (Å²) in [7, 11) is 0. The maximum atomic E-state index is 6.11. The van der Waals surface area contributed by atoms with E-state index in [1.165, 1.54) is 22.3 Å². The number of alkyl halides is 1. The van der Waals surface area contributed by atoms with Gasteiger partial charge in [0.05, 0.1) is 6.61 Å². The van der Waals surface area contributed by atoms with Crippen LogP contribution < -0.4 is 4.74 Å². The predicted molar refractivity (Wildman–Crippen MR) is 132 cm³/mol. The van der Waals surface area contributed by atoms with E-state index in [1.807, 2.05) is 13.8 Å². The summed E-state index contributed by atoms with van der Waals surface area (Å²) in [6.07, 6.45) is 3.15. The lowest BCUT2D eigenvalue weighted by molar-refractivity contribution is -0.141. The van der Waals surface area contributed by atoms with E-state index in [0.29, 0.717) is 13.2 Å². The number of rotatable bonds is 9. The van der Waals surface area contributed by atoms with E-state index in [0.717, 1.165) is 35.9 Å². The van der Waals surface area contributed by atoms with Crippen LogP contribution in [-0.2, 0) is 21.3 Å². The minimum Gasteiger partial charge on any atom is -0.491 e. The molecule has 0 aliphatic carbocycles. The Morgan fingerprint density at radius 3 is 2.19 bits per heavy atom. The van der Waals surface area contributed by atoms with Gasteiger partial charge in [0.2, 0.25) is 0 Å². The molecule has 0 aromatic heterocycles. The van der Waals surface area contributed by atoms with Gasteiger partial charge in [0, 0.05) is 10.7 Å². The van der Waals surface area contributed by atoms with E-state index in [4.69, 9.17) is 14.2 Å². The van der Waals surface area contributed by atoms with E-state index < -0.39 is 5.79 Å². The first-order valence-electron chi connectivity index (χ1n) is 11.5. The molecule has 0 amide bonds. The molecular formula is C27H37BrO3. The predicted octanol–water partition coefficient (Wildman–Crippen LogP) is 6.88. The molecule has 0 radical (unpaired) electrons. The van der Waals surface area contributed by atoms with Crippen LogP contribution in [0.15, 0.2) is 36.4 Å². The van der Waals surface area contributed by atoms with Gasteiger partial charge in [-0.3, -0.25) is 0 Å². The molecule has 3 nitrogen and oxygen atoms in total. The molecule has 2 aromatic carbocycles. The van der Waals surface area contributed by atoms with Gasteiger partial charge in [0.25, 0.3) is 0 Å². The third-order valence-corrected chi connectivity index (χ3v) is 7.08. The minimum absolute atomic E-state index is 0.00735. The fraction of sp³-hybridized carbons (Fsp3) is 0.556. The number of aryl methyl sites for hydroxylation is 3. The minimum atomic E-state index is -0.517. The van der Waals surface area contributed by atoms with Crippen LogP contribution in [0.5, 0.6) is 5.75 Å². The van der Waals surface area contributed by atoms with Crippen LogP contribution in [-0.4, -0.2) is 30.4 Å². The third-order valence-electron chi connectivity index (χ3n) is 6.69. The zero-order valence-electron chi connectivity index (χ0n) is 19.9. The van der Waals surface area contributed by atoms with Gasteiger partial charge in [-0.15, -0.1) is 0 Å². The zero-order chi connectivity index (χ0) is 22.6. The molecule has 3 rings (SSSR count). The number of ether oxygens (including phenoxy) is 3. The Morgan fingerprint density at radius 1 is 1.03 bits per heavy atom. The monoisotopic (exact) mass is 488 g/mol. The fourth-order valence-electron chi connectivity index (χ4n) is 4.75. The summed E-state index contributed by atoms with van der Waals surface area (Å²) in [5.74, 6) is 0.402. The Morgan fingerprint density at radius 2 is 1.68 bits per heavy atom. The lowest BCUT2D eigenvalue weighted by atomic mass is 9.70. The first-order valence-corrected chi connectivity index (χ1v) is 12.6. The van der Waals surface area contributed by atoms with Crippen LogP contribution in [0.25, 0.3) is 0 Å². The quantitative estimate of drug-likeness (QED) is 0.360. The molecule has 0 N–H and O–H groups in total. The van der Waals surface area contributed by atoms with Crippen molar-refractivity contribution in [2.75, 3.05) is 18.5 Å². The number of hydrogen-bond acceptors (Lipinski definition) is 3. The summed E-state index contributed by atoms with van der Waals surface area (Å²) in [5.41, 5.74) is 6.73. The Hall–Kier alpha value is -1.36. The molecule has 31 heavy (non-hydrogen) atoms. The van der Waals surface area contributed by atoms with Gasteiger partial charge in [-0.25, -0.2) is 0 Å². The average molecular weight is 489 g/mol. The van der Waals surface area contributed by atoms with Gasteiger partial charge in [0.15, 0.2) is 5.79 Å². The highest BCUT2D eigenvalue weighted by atomic mass is 79.9. The highest BCUT2D eigenvalue weighted by Crippen LogP contribution is 2.41. The molecule has 1 saturated heterocycles. The van der Waals surface area contributed by atoms with Crippen LogP contribution >= 0.6 is 15.9 Å². The van der Waals surface area contributed by atoms with Crippen LogP contribution in [0.3, 0.4) is 0 Å². The molecule has 4 heteroatoms. The molecule has 1 fully saturated rings. The molecule has 1 atom stereocenters. The Bertz CT molecular complexity index is 886. The topological polar surface area (TPSA) is 27.7 Å². The second-order valence-electron chi connectivity index (χ2n) is 9.11. The first-order chi connectivity index (χ1) is 14.7. The molecule has 170 valence electrons. The lowest BCUT2D eigenvalue weighted by Gasteiger charge is -2.34. The average Bonchev–Trinajstić information content (AvgIpc) is 3.09. The Labute approximate surface area is 196 Å². The summed E-state index contributed by atoms with van der Waals surface area (Å²) >= 11 is 3.57. The number of halogens is 1. The van der Waals surface area contributed by atoms with Crippen molar-refractivity contribution in [1.29, 1.82) is 0 Å². The fourth-order valence-corrected chi connectivity index (χ4v) is 5.17. The largest absolute Gasteiger partial charge is 0.491 e. The molecule has 0 bridgehead atoms. The highest BCUT2D eigenvalue weighted by molar-refractivity contribution is 9.09. The van der Waals surface area contributed by atoms with Crippen LogP contribution in [0, 0.1) is 13.8 Å². The standard InChI is InChI=1S/C27H37BrO3/c1-7-27(8-2,22-10-9-21(13-14-28)19(3)15-22)23-11-12-25(20(4)16-23)29-17-24-18-30-26(5,6)31-24/h9-12,15-16,24H,7-8,13-14,17-18H2,1-6H3. The van der Waals surface area contributed by atoms with Crippen molar-refractivity contribution in [1.82, 2.24) is 0 Å². The maximum absolute atomic E-state index is 6.11. The van der Waals surface area contributed by atoms with Gasteiger partial charge >= 0.3 is 0 Å². The van der Waals surface area contributed by atoms with E-state index in [1.54, 1.807) is 0 Å². The van der Waals surface area contributed by atoms with Crippen molar-refractivity contribution in [3.8, 4) is 5.75 Å². The van der Waals surface area contributed by atoms with Crippen molar-refractivity contribution >= 4 is 15.9 Å². The molecule has 1 aliphatic heterocycles. The molecular weight excluding hydrogens is 452 g/mol. The van der Waals surface area contributed by atoms with Crippen molar-refractivity contribution in [3.63, 3.8) is 0 Å². The van der Waals surface area contributed by atoms with Crippen LogP contribution in [0.4, 0.5) is 0 Å². The van der Waals surface area contributed by atoms with Crippen molar-refractivity contribution in [3.05, 3.63) is 64.2 Å². The molecule has 0 spiro atoms. The molecule has 1 heterocycles. The summed E-state index contributed by atoms with van der Waals surface area (Å²) in [6.45, 7) is 13.9. The Kier molecular flexibility index (Phi) is 7.88. The summed E-state index contributed by atoms with van der Waals surface area (Å²) < 4.78 is 17.6. The molecule has 1 unspecified atom stereocenters. The van der Waals surface area contributed by atoms with Crippen molar-refractivity contribution < 1.29 is 14.2 Å². The Balaban J connectivity index is 1.83. The van der Waals surface area contributed by atoms with E-state index in [2.05, 4.69) is 80.0 Å². The van der Waals surface area contributed by atoms with Gasteiger partial charge in [-0.2, -0.15) is 0 Å². The summed E-state index contributed by atoms with van der Waals surface area (Å²) in [6, 6.07) is 13.7. The van der Waals surface area contributed by atoms with Gasteiger partial charge < -0.3 is 14.2 Å². The first kappa shape index (κ1) is 24.3. The number of benzene rings is 2. The van der Waals surface area contributed by atoms with Crippen molar-refractivity contribution in [2.24, 2.45) is 0 Å². The molecule has 1 aliphatic rings. The second kappa shape index (κ2) is 10.1. The zero-order valence-corrected chi connectivity index (χ0v) is 21.5. The number of hydrogen-bond donors (Lipinski definition) is 0. The highest BCUT2D eigenvalue weighted by Gasteiger charge is 2.34. The second-order valence-corrected chi connectivity index (χ2v) is 9.90. The molecule has 0 saturated carbocycles. The normalized spacial score (nSPS) is 18.4. The van der Waals surface area contributed by atoms with Gasteiger partial charge in [0.1, 0.15) is 18.5 Å². The van der Waals surface area contributed by atoms with Crippen molar-refractivity contribution in [2.45, 2.75) is 78.1 Å². The SMILES string of the molecule is CCC(CC)(c1ccc(CCBr)c(C)c1)c1ccc(OCC2COC(C)(C)O2)c(C)c1. The summed E-state index contributed by atoms with van der Waals surface area (Å²) in [4.78, 5) is 0. The maximum Gasteiger partial charge on any atom is 0.163 e. The molecule has 2 aromatic rings. The smallest absolute Gasteiger partial charge is 0.163 e. The summed E-state index contributed by atoms with van der Waals surface area (Å²) in [5, 5.41) is 0.996. The lowest BCUT2D eigenvalue weighted by Crippen LogP contribution is -2.27. The van der Waals surface area contributed by atoms with E-state index in [-0.39, 0.29) is 11.5 Å². The van der Waals surface area contributed by atoms with Crippen LogP contribution in [0.1, 0.15) is 68.4 Å².